The third-order valence-electron chi connectivity index (χ3n) is 3.68. The zero-order valence-electron chi connectivity index (χ0n) is 12.0. The molecule has 2 rings (SSSR count). The quantitative estimate of drug-likeness (QED) is 0.877. The fourth-order valence-electron chi connectivity index (χ4n) is 2.56. The molecule has 1 aromatic carbocycles. The number of amides is 1. The molecule has 2 N–H and O–H groups in total. The molecule has 1 aliphatic rings. The lowest BCUT2D eigenvalue weighted by atomic mass is 10.0. The van der Waals surface area contributed by atoms with Gasteiger partial charge in [-0.2, -0.15) is 0 Å². The first kappa shape index (κ1) is 17.1. The Bertz CT molecular complexity index is 545. The first-order valence-electron chi connectivity index (χ1n) is 7.10. The van der Waals surface area contributed by atoms with Gasteiger partial charge in [-0.05, 0) is 23.6 Å². The van der Waals surface area contributed by atoms with Crippen molar-refractivity contribution in [1.29, 1.82) is 0 Å². The molecule has 0 saturated carbocycles. The number of carboxylic acid groups (broad SMARTS) is 1. The smallest absolute Gasteiger partial charge is 0.303 e. The fraction of sp³-hybridized carbons (Fsp3) is 0.467. The SMILES string of the molecule is O=C(O)C[C@H]1CNCCN(C(=O)Cc2c(Cl)cccc2Cl)C1. The summed E-state index contributed by atoms with van der Waals surface area (Å²) < 4.78 is 0. The summed E-state index contributed by atoms with van der Waals surface area (Å²) in [5.41, 5.74) is 0.614. The number of carboxylic acids is 1. The molecule has 0 aliphatic carbocycles. The van der Waals surface area contributed by atoms with Gasteiger partial charge in [-0.15, -0.1) is 0 Å². The van der Waals surface area contributed by atoms with Crippen LogP contribution < -0.4 is 5.32 Å². The average Bonchev–Trinajstić information content (AvgIpc) is 2.68. The Morgan fingerprint density at radius 3 is 2.64 bits per heavy atom. The van der Waals surface area contributed by atoms with Gasteiger partial charge in [-0.1, -0.05) is 29.3 Å². The maximum atomic E-state index is 12.5. The van der Waals surface area contributed by atoms with E-state index < -0.39 is 5.97 Å². The fourth-order valence-corrected chi connectivity index (χ4v) is 3.09. The van der Waals surface area contributed by atoms with Gasteiger partial charge in [0.15, 0.2) is 0 Å². The van der Waals surface area contributed by atoms with E-state index in [-0.39, 0.29) is 24.7 Å². The van der Waals surface area contributed by atoms with E-state index in [1.807, 2.05) is 0 Å². The molecule has 0 unspecified atom stereocenters. The highest BCUT2D eigenvalue weighted by molar-refractivity contribution is 6.36. The Morgan fingerprint density at radius 1 is 1.32 bits per heavy atom. The number of aliphatic carboxylic acids is 1. The monoisotopic (exact) mass is 344 g/mol. The number of hydrogen-bond donors (Lipinski definition) is 2. The van der Waals surface area contributed by atoms with Crippen molar-refractivity contribution >= 4 is 35.1 Å². The summed E-state index contributed by atoms with van der Waals surface area (Å²) in [7, 11) is 0. The standard InChI is InChI=1S/C15H18Cl2N2O3/c16-12-2-1-3-13(17)11(12)7-14(20)19-5-4-18-8-10(9-19)6-15(21)22/h1-3,10,18H,4-9H2,(H,21,22)/t10-/m0/s1. The Kier molecular flexibility index (Phi) is 6.06. The van der Waals surface area contributed by atoms with Gasteiger partial charge in [0.1, 0.15) is 0 Å². The topological polar surface area (TPSA) is 69.6 Å². The molecule has 1 atom stereocenters. The second-order valence-corrected chi connectivity index (χ2v) is 6.20. The van der Waals surface area contributed by atoms with Crippen molar-refractivity contribution in [3.8, 4) is 0 Å². The first-order chi connectivity index (χ1) is 10.5. The maximum absolute atomic E-state index is 12.5. The van der Waals surface area contributed by atoms with Crippen LogP contribution in [0.25, 0.3) is 0 Å². The number of nitrogens with one attached hydrogen (secondary N) is 1. The normalized spacial score (nSPS) is 18.8. The maximum Gasteiger partial charge on any atom is 0.303 e. The molecule has 0 spiro atoms. The van der Waals surface area contributed by atoms with Crippen LogP contribution in [0.3, 0.4) is 0 Å². The van der Waals surface area contributed by atoms with Gasteiger partial charge in [-0.3, -0.25) is 9.59 Å². The molecular formula is C15H18Cl2N2O3. The minimum absolute atomic E-state index is 0.0453. The highest BCUT2D eigenvalue weighted by Gasteiger charge is 2.24. The third kappa shape index (κ3) is 4.60. The van der Waals surface area contributed by atoms with Crippen molar-refractivity contribution in [2.75, 3.05) is 26.2 Å². The number of halogens is 2. The largest absolute Gasteiger partial charge is 0.481 e. The molecule has 1 aliphatic heterocycles. The molecule has 1 fully saturated rings. The Morgan fingerprint density at radius 2 is 2.00 bits per heavy atom. The Balaban J connectivity index is 2.05. The molecular weight excluding hydrogens is 327 g/mol. The highest BCUT2D eigenvalue weighted by Crippen LogP contribution is 2.25. The number of benzene rings is 1. The lowest BCUT2D eigenvalue weighted by Crippen LogP contribution is -2.37. The van der Waals surface area contributed by atoms with Crippen LogP contribution in [-0.4, -0.2) is 48.1 Å². The summed E-state index contributed by atoms with van der Waals surface area (Å²) in [6, 6.07) is 5.14. The van der Waals surface area contributed by atoms with Crippen molar-refractivity contribution in [3.63, 3.8) is 0 Å². The van der Waals surface area contributed by atoms with E-state index in [1.54, 1.807) is 23.1 Å². The van der Waals surface area contributed by atoms with E-state index in [4.69, 9.17) is 28.3 Å². The summed E-state index contributed by atoms with van der Waals surface area (Å²) in [5, 5.41) is 13.0. The predicted octanol–water partition coefficient (Wildman–Crippen LogP) is 2.06. The van der Waals surface area contributed by atoms with Crippen LogP contribution in [0.1, 0.15) is 12.0 Å². The lowest BCUT2D eigenvalue weighted by Gasteiger charge is -2.23. The van der Waals surface area contributed by atoms with Crippen LogP contribution >= 0.6 is 23.2 Å². The lowest BCUT2D eigenvalue weighted by molar-refractivity contribution is -0.139. The van der Waals surface area contributed by atoms with Crippen LogP contribution in [0.5, 0.6) is 0 Å². The van der Waals surface area contributed by atoms with E-state index in [1.165, 1.54) is 0 Å². The molecule has 1 amide bonds. The zero-order valence-corrected chi connectivity index (χ0v) is 13.5. The molecule has 0 radical (unpaired) electrons. The Labute approximate surface area is 139 Å². The second kappa shape index (κ2) is 7.81. The van der Waals surface area contributed by atoms with Crippen molar-refractivity contribution in [3.05, 3.63) is 33.8 Å². The van der Waals surface area contributed by atoms with Crippen LogP contribution in [0.15, 0.2) is 18.2 Å². The molecule has 5 nitrogen and oxygen atoms in total. The van der Waals surface area contributed by atoms with Gasteiger partial charge in [0.25, 0.3) is 0 Å². The number of hydrogen-bond acceptors (Lipinski definition) is 3. The van der Waals surface area contributed by atoms with E-state index in [0.29, 0.717) is 41.8 Å². The minimum Gasteiger partial charge on any atom is -0.481 e. The Hall–Kier alpha value is -1.30. The van der Waals surface area contributed by atoms with Crippen LogP contribution in [-0.2, 0) is 16.0 Å². The van der Waals surface area contributed by atoms with Crippen molar-refractivity contribution in [2.24, 2.45) is 5.92 Å². The van der Waals surface area contributed by atoms with Crippen LogP contribution in [0.4, 0.5) is 0 Å². The number of carbonyl (C=O) groups excluding carboxylic acids is 1. The van der Waals surface area contributed by atoms with E-state index >= 15 is 0 Å². The highest BCUT2D eigenvalue weighted by atomic mass is 35.5. The molecule has 1 saturated heterocycles. The number of nitrogens with zero attached hydrogens (tertiary/aromatic N) is 1. The van der Waals surface area contributed by atoms with Gasteiger partial charge >= 0.3 is 5.97 Å². The van der Waals surface area contributed by atoms with Crippen LogP contribution in [0, 0.1) is 5.92 Å². The summed E-state index contributed by atoms with van der Waals surface area (Å²) in [5.74, 6) is -1.03. The molecule has 22 heavy (non-hydrogen) atoms. The van der Waals surface area contributed by atoms with E-state index in [2.05, 4.69) is 5.32 Å². The third-order valence-corrected chi connectivity index (χ3v) is 4.38. The van der Waals surface area contributed by atoms with Gasteiger partial charge in [0.05, 0.1) is 12.8 Å². The molecule has 0 aromatic heterocycles. The van der Waals surface area contributed by atoms with E-state index in [9.17, 15) is 9.59 Å². The summed E-state index contributed by atoms with van der Waals surface area (Å²) in [6.45, 7) is 2.23. The van der Waals surface area contributed by atoms with Crippen molar-refractivity contribution in [1.82, 2.24) is 10.2 Å². The molecule has 7 heteroatoms. The van der Waals surface area contributed by atoms with Gasteiger partial charge < -0.3 is 15.3 Å². The zero-order chi connectivity index (χ0) is 16.1. The number of rotatable bonds is 4. The van der Waals surface area contributed by atoms with Gasteiger partial charge in [0.2, 0.25) is 5.91 Å². The van der Waals surface area contributed by atoms with Gasteiger partial charge in [0, 0.05) is 36.2 Å². The second-order valence-electron chi connectivity index (χ2n) is 5.38. The van der Waals surface area contributed by atoms with Crippen molar-refractivity contribution in [2.45, 2.75) is 12.8 Å². The van der Waals surface area contributed by atoms with Crippen molar-refractivity contribution < 1.29 is 14.7 Å². The number of carbonyl (C=O) groups is 2. The summed E-state index contributed by atoms with van der Waals surface area (Å²) in [6.07, 6.45) is 0.169. The van der Waals surface area contributed by atoms with Gasteiger partial charge in [-0.25, -0.2) is 0 Å². The molecule has 120 valence electrons. The van der Waals surface area contributed by atoms with Crippen LogP contribution in [0.2, 0.25) is 10.0 Å². The molecule has 1 heterocycles. The molecule has 0 bridgehead atoms. The average molecular weight is 345 g/mol. The summed E-state index contributed by atoms with van der Waals surface area (Å²) >= 11 is 12.2. The minimum atomic E-state index is -0.852. The summed E-state index contributed by atoms with van der Waals surface area (Å²) in [4.78, 5) is 25.0. The molecule has 1 aromatic rings. The first-order valence-corrected chi connectivity index (χ1v) is 7.86. The predicted molar refractivity (Wildman–Crippen MR) is 85.4 cm³/mol. The van der Waals surface area contributed by atoms with E-state index in [0.717, 1.165) is 0 Å².